The van der Waals surface area contributed by atoms with Crippen molar-refractivity contribution < 1.29 is 4.42 Å². The Bertz CT molecular complexity index is 2450. The van der Waals surface area contributed by atoms with Gasteiger partial charge in [0.05, 0.1) is 10.2 Å². The zero-order valence-corrected chi connectivity index (χ0v) is 25.3. The van der Waals surface area contributed by atoms with Crippen molar-refractivity contribution in [2.45, 2.75) is 0 Å². The van der Waals surface area contributed by atoms with Crippen LogP contribution in [-0.4, -0.2) is 19.9 Å². The average molecular weight is 609 g/mol. The molecule has 3 heterocycles. The maximum atomic E-state index is 6.44. The minimum absolute atomic E-state index is 0.596. The van der Waals surface area contributed by atoms with Crippen molar-refractivity contribution in [3.8, 4) is 55.9 Å². The SMILES string of the molecule is c1ccc(-c2ccc(-c3nc4cc5c(cc4s3)oc3cccc(-c4nc(-c6ccccc6)nc(-c6ccccc6)n4)c35)cc2)cc1. The second kappa shape index (κ2) is 10.9. The van der Waals surface area contributed by atoms with Gasteiger partial charge in [-0.05, 0) is 23.3 Å². The number of hydrogen-bond donors (Lipinski definition) is 0. The van der Waals surface area contributed by atoms with Crippen LogP contribution >= 0.6 is 11.3 Å². The van der Waals surface area contributed by atoms with Crippen LogP contribution < -0.4 is 0 Å². The fourth-order valence-corrected chi connectivity index (χ4v) is 6.90. The Morgan fingerprint density at radius 2 is 1.00 bits per heavy atom. The molecule has 0 unspecified atom stereocenters. The second-order valence-electron chi connectivity index (χ2n) is 11.1. The van der Waals surface area contributed by atoms with Gasteiger partial charge in [-0.1, -0.05) is 127 Å². The van der Waals surface area contributed by atoms with E-state index in [1.54, 1.807) is 11.3 Å². The Hall–Kier alpha value is -5.98. The van der Waals surface area contributed by atoms with E-state index in [1.165, 1.54) is 11.1 Å². The first kappa shape index (κ1) is 26.4. The molecule has 9 aromatic rings. The average Bonchev–Trinajstić information content (AvgIpc) is 3.72. The first-order valence-corrected chi connectivity index (χ1v) is 15.9. The van der Waals surface area contributed by atoms with Gasteiger partial charge >= 0.3 is 0 Å². The number of fused-ring (bicyclic) bond motifs is 4. The van der Waals surface area contributed by atoms with E-state index in [2.05, 4.69) is 66.7 Å². The van der Waals surface area contributed by atoms with E-state index in [-0.39, 0.29) is 0 Å². The van der Waals surface area contributed by atoms with Crippen LogP contribution in [0.4, 0.5) is 0 Å². The summed E-state index contributed by atoms with van der Waals surface area (Å²) in [6, 6.07) is 49.4. The molecule has 46 heavy (non-hydrogen) atoms. The summed E-state index contributed by atoms with van der Waals surface area (Å²) < 4.78 is 7.52. The molecule has 0 bridgehead atoms. The lowest BCUT2D eigenvalue weighted by molar-refractivity contribution is 0.669. The first-order valence-electron chi connectivity index (χ1n) is 15.1. The monoisotopic (exact) mass is 608 g/mol. The zero-order chi connectivity index (χ0) is 30.5. The van der Waals surface area contributed by atoms with Gasteiger partial charge in [0, 0.05) is 39.1 Å². The van der Waals surface area contributed by atoms with Gasteiger partial charge in [-0.3, -0.25) is 0 Å². The normalized spacial score (nSPS) is 11.5. The quantitative estimate of drug-likeness (QED) is 0.194. The third-order valence-corrected chi connectivity index (χ3v) is 9.25. The highest BCUT2D eigenvalue weighted by atomic mass is 32.1. The third-order valence-electron chi connectivity index (χ3n) is 8.18. The summed E-state index contributed by atoms with van der Waals surface area (Å²) in [4.78, 5) is 19.9. The molecule has 3 aromatic heterocycles. The minimum atomic E-state index is 0.596. The van der Waals surface area contributed by atoms with Crippen LogP contribution in [0, 0.1) is 0 Å². The van der Waals surface area contributed by atoms with Crippen LogP contribution in [0.1, 0.15) is 0 Å². The topological polar surface area (TPSA) is 64.7 Å². The van der Waals surface area contributed by atoms with E-state index in [0.29, 0.717) is 17.5 Å². The fourth-order valence-electron chi connectivity index (χ4n) is 5.92. The molecule has 0 aliphatic heterocycles. The molecule has 0 atom stereocenters. The lowest BCUT2D eigenvalue weighted by Gasteiger charge is -2.09. The highest BCUT2D eigenvalue weighted by Crippen LogP contribution is 2.40. The highest BCUT2D eigenvalue weighted by Gasteiger charge is 2.19. The van der Waals surface area contributed by atoms with E-state index in [9.17, 15) is 0 Å². The molecule has 0 saturated carbocycles. The van der Waals surface area contributed by atoms with Gasteiger partial charge < -0.3 is 4.42 Å². The number of thiazole rings is 1. The summed E-state index contributed by atoms with van der Waals surface area (Å²) in [5.41, 5.74) is 8.76. The highest BCUT2D eigenvalue weighted by molar-refractivity contribution is 7.21. The van der Waals surface area contributed by atoms with Crippen molar-refractivity contribution in [2.75, 3.05) is 0 Å². The Morgan fingerprint density at radius 3 is 1.65 bits per heavy atom. The zero-order valence-electron chi connectivity index (χ0n) is 24.5. The van der Waals surface area contributed by atoms with Crippen molar-refractivity contribution in [2.24, 2.45) is 0 Å². The standard InChI is InChI=1S/C40H24N4OS/c1-4-11-25(12-5-1)26-19-21-29(22-20-26)40-41-32-23-31-34(24-35(32)46-40)45-33-18-10-17-30(36(31)33)39-43-37(27-13-6-2-7-14-27)42-38(44-39)28-15-8-3-9-16-28/h1-24H. The van der Waals surface area contributed by atoms with E-state index >= 15 is 0 Å². The van der Waals surface area contributed by atoms with Crippen molar-refractivity contribution in [3.05, 3.63) is 146 Å². The predicted octanol–water partition coefficient (Wildman–Crippen LogP) is 10.7. The molecule has 6 aromatic carbocycles. The molecule has 0 fully saturated rings. The smallest absolute Gasteiger partial charge is 0.164 e. The number of hydrogen-bond acceptors (Lipinski definition) is 6. The van der Waals surface area contributed by atoms with Crippen molar-refractivity contribution >= 4 is 43.5 Å². The third kappa shape index (κ3) is 4.64. The van der Waals surface area contributed by atoms with Crippen LogP contribution in [0.25, 0.3) is 88.0 Å². The lowest BCUT2D eigenvalue weighted by Crippen LogP contribution is -2.00. The Kier molecular flexibility index (Phi) is 6.25. The number of furan rings is 1. The summed E-state index contributed by atoms with van der Waals surface area (Å²) >= 11 is 1.67. The fraction of sp³-hybridized carbons (Fsp3) is 0. The number of rotatable bonds is 5. The van der Waals surface area contributed by atoms with Crippen molar-refractivity contribution in [1.82, 2.24) is 19.9 Å². The Labute approximate surface area is 268 Å². The molecule has 0 N–H and O–H groups in total. The minimum Gasteiger partial charge on any atom is -0.456 e. The molecule has 5 nitrogen and oxygen atoms in total. The summed E-state index contributed by atoms with van der Waals surface area (Å²) in [6.45, 7) is 0. The largest absolute Gasteiger partial charge is 0.456 e. The van der Waals surface area contributed by atoms with E-state index in [1.807, 2.05) is 78.9 Å². The first-order chi connectivity index (χ1) is 22.8. The second-order valence-corrected chi connectivity index (χ2v) is 12.1. The van der Waals surface area contributed by atoms with Gasteiger partial charge in [0.15, 0.2) is 17.5 Å². The summed E-state index contributed by atoms with van der Waals surface area (Å²) in [7, 11) is 0. The van der Waals surface area contributed by atoms with Gasteiger partial charge in [-0.2, -0.15) is 0 Å². The maximum Gasteiger partial charge on any atom is 0.164 e. The molecule has 6 heteroatoms. The van der Waals surface area contributed by atoms with Gasteiger partial charge in [-0.15, -0.1) is 11.3 Å². The molecular weight excluding hydrogens is 585 g/mol. The molecule has 0 aliphatic carbocycles. The molecule has 9 rings (SSSR count). The lowest BCUT2D eigenvalue weighted by atomic mass is 10.0. The summed E-state index contributed by atoms with van der Waals surface area (Å²) in [6.07, 6.45) is 0. The van der Waals surface area contributed by atoms with Crippen molar-refractivity contribution in [1.29, 1.82) is 0 Å². The van der Waals surface area contributed by atoms with E-state index in [4.69, 9.17) is 24.4 Å². The summed E-state index contributed by atoms with van der Waals surface area (Å²) in [5.74, 6) is 1.84. The predicted molar refractivity (Wildman–Crippen MR) is 187 cm³/mol. The van der Waals surface area contributed by atoms with Crippen LogP contribution in [0.2, 0.25) is 0 Å². The summed E-state index contributed by atoms with van der Waals surface area (Å²) in [5, 5.41) is 2.92. The number of benzene rings is 6. The Morgan fingerprint density at radius 1 is 0.435 bits per heavy atom. The molecule has 0 spiro atoms. The molecule has 0 amide bonds. The Balaban J connectivity index is 1.18. The molecule has 216 valence electrons. The number of nitrogens with zero attached hydrogens (tertiary/aromatic N) is 4. The number of aromatic nitrogens is 4. The molecular formula is C40H24N4OS. The van der Waals surface area contributed by atoms with Crippen molar-refractivity contribution in [3.63, 3.8) is 0 Å². The van der Waals surface area contributed by atoms with Crippen LogP contribution in [-0.2, 0) is 0 Å². The molecule has 0 radical (unpaired) electrons. The van der Waals surface area contributed by atoms with Gasteiger partial charge in [0.1, 0.15) is 16.2 Å². The van der Waals surface area contributed by atoms with E-state index in [0.717, 1.165) is 59.4 Å². The maximum absolute atomic E-state index is 6.44. The van der Waals surface area contributed by atoms with Crippen LogP contribution in [0.15, 0.2) is 150 Å². The molecule has 0 saturated heterocycles. The van der Waals surface area contributed by atoms with Crippen LogP contribution in [0.3, 0.4) is 0 Å². The van der Waals surface area contributed by atoms with Crippen LogP contribution in [0.5, 0.6) is 0 Å². The van der Waals surface area contributed by atoms with Gasteiger partial charge in [0.2, 0.25) is 0 Å². The van der Waals surface area contributed by atoms with Gasteiger partial charge in [0.25, 0.3) is 0 Å². The van der Waals surface area contributed by atoms with Gasteiger partial charge in [-0.25, -0.2) is 19.9 Å². The van der Waals surface area contributed by atoms with E-state index < -0.39 is 0 Å². The molecule has 0 aliphatic rings.